The molecule has 4 nitrogen and oxygen atoms in total. The Morgan fingerprint density at radius 1 is 1.06 bits per heavy atom. The highest BCUT2D eigenvalue weighted by Gasteiger charge is 2.08. The lowest BCUT2D eigenvalue weighted by Gasteiger charge is -1.99. The molecule has 2 aromatic rings. The highest BCUT2D eigenvalue weighted by molar-refractivity contribution is 6.08. The van der Waals surface area contributed by atoms with Gasteiger partial charge in [0.25, 0.3) is 0 Å². The lowest BCUT2D eigenvalue weighted by molar-refractivity contribution is 0.103. The van der Waals surface area contributed by atoms with Crippen LogP contribution in [0.25, 0.3) is 0 Å². The summed E-state index contributed by atoms with van der Waals surface area (Å²) in [5.41, 5.74) is 1.49. The standard InChI is InChI=1S/C12H7N3O/c13-5-9-1-3-10(4-2-9)12(16)11-6-14-8-15-7-11/h1-4,6-8H. The molecule has 16 heavy (non-hydrogen) atoms. The van der Waals surface area contributed by atoms with E-state index in [-0.39, 0.29) is 5.78 Å². The van der Waals surface area contributed by atoms with E-state index >= 15 is 0 Å². The van der Waals surface area contributed by atoms with Crippen molar-refractivity contribution in [2.24, 2.45) is 0 Å². The van der Waals surface area contributed by atoms with Crippen LogP contribution >= 0.6 is 0 Å². The topological polar surface area (TPSA) is 66.6 Å². The summed E-state index contributed by atoms with van der Waals surface area (Å²) in [7, 11) is 0. The van der Waals surface area contributed by atoms with E-state index in [9.17, 15) is 4.79 Å². The van der Waals surface area contributed by atoms with Gasteiger partial charge in [-0.3, -0.25) is 4.79 Å². The first-order valence-corrected chi connectivity index (χ1v) is 4.61. The summed E-state index contributed by atoms with van der Waals surface area (Å²) in [6, 6.07) is 8.45. The highest BCUT2D eigenvalue weighted by atomic mass is 16.1. The smallest absolute Gasteiger partial charge is 0.196 e. The molecule has 0 bridgehead atoms. The summed E-state index contributed by atoms with van der Waals surface area (Å²) >= 11 is 0. The fourth-order valence-electron chi connectivity index (χ4n) is 1.28. The largest absolute Gasteiger partial charge is 0.288 e. The molecule has 0 aliphatic carbocycles. The van der Waals surface area contributed by atoms with Gasteiger partial charge in [-0.1, -0.05) is 0 Å². The molecule has 1 aromatic heterocycles. The molecule has 0 N–H and O–H groups in total. The van der Waals surface area contributed by atoms with E-state index < -0.39 is 0 Å². The molecular weight excluding hydrogens is 202 g/mol. The molecule has 0 radical (unpaired) electrons. The molecule has 76 valence electrons. The highest BCUT2D eigenvalue weighted by Crippen LogP contribution is 2.09. The Balaban J connectivity index is 2.32. The maximum absolute atomic E-state index is 11.9. The number of aromatic nitrogens is 2. The van der Waals surface area contributed by atoms with Crippen LogP contribution in [0.1, 0.15) is 21.5 Å². The van der Waals surface area contributed by atoms with Crippen molar-refractivity contribution in [3.63, 3.8) is 0 Å². The number of ketones is 1. The van der Waals surface area contributed by atoms with E-state index in [1.165, 1.54) is 18.7 Å². The Morgan fingerprint density at radius 3 is 2.25 bits per heavy atom. The average Bonchev–Trinajstić information content (AvgIpc) is 2.39. The first kappa shape index (κ1) is 9.99. The second kappa shape index (κ2) is 4.32. The van der Waals surface area contributed by atoms with Crippen molar-refractivity contribution in [2.45, 2.75) is 0 Å². The number of hydrogen-bond donors (Lipinski definition) is 0. The number of benzene rings is 1. The van der Waals surface area contributed by atoms with Crippen molar-refractivity contribution in [1.82, 2.24) is 9.97 Å². The van der Waals surface area contributed by atoms with Gasteiger partial charge in [-0.05, 0) is 24.3 Å². The Kier molecular flexibility index (Phi) is 2.70. The Morgan fingerprint density at radius 2 is 1.69 bits per heavy atom. The van der Waals surface area contributed by atoms with E-state index in [4.69, 9.17) is 5.26 Å². The number of hydrogen-bond acceptors (Lipinski definition) is 4. The van der Waals surface area contributed by atoms with Crippen molar-refractivity contribution in [2.75, 3.05) is 0 Å². The predicted octanol–water partition coefficient (Wildman–Crippen LogP) is 1.58. The van der Waals surface area contributed by atoms with Crippen LogP contribution in [0.2, 0.25) is 0 Å². The lowest BCUT2D eigenvalue weighted by Crippen LogP contribution is -2.02. The first-order valence-electron chi connectivity index (χ1n) is 4.61. The van der Waals surface area contributed by atoms with E-state index in [0.29, 0.717) is 16.7 Å². The molecule has 0 unspecified atom stereocenters. The van der Waals surface area contributed by atoms with Crippen molar-refractivity contribution in [1.29, 1.82) is 5.26 Å². The minimum Gasteiger partial charge on any atom is -0.288 e. The molecule has 0 amide bonds. The van der Waals surface area contributed by atoms with Gasteiger partial charge < -0.3 is 0 Å². The molecule has 1 heterocycles. The third-order valence-corrected chi connectivity index (χ3v) is 2.10. The van der Waals surface area contributed by atoms with Crippen molar-refractivity contribution >= 4 is 5.78 Å². The van der Waals surface area contributed by atoms with Crippen LogP contribution in [0, 0.1) is 11.3 Å². The van der Waals surface area contributed by atoms with Gasteiger partial charge in [0.2, 0.25) is 0 Å². The van der Waals surface area contributed by atoms with Crippen LogP contribution < -0.4 is 0 Å². The normalized spacial score (nSPS) is 9.44. The van der Waals surface area contributed by atoms with Gasteiger partial charge in [0.15, 0.2) is 5.78 Å². The van der Waals surface area contributed by atoms with Crippen LogP contribution in [0.5, 0.6) is 0 Å². The molecule has 0 fully saturated rings. The van der Waals surface area contributed by atoms with E-state index in [1.807, 2.05) is 6.07 Å². The number of carbonyl (C=O) groups excluding carboxylic acids is 1. The number of nitriles is 1. The summed E-state index contributed by atoms with van der Waals surface area (Å²) in [5, 5.41) is 8.63. The lowest BCUT2D eigenvalue weighted by atomic mass is 10.0. The van der Waals surface area contributed by atoms with Gasteiger partial charge >= 0.3 is 0 Å². The fraction of sp³-hybridized carbons (Fsp3) is 0. The monoisotopic (exact) mass is 209 g/mol. The Labute approximate surface area is 92.2 Å². The SMILES string of the molecule is N#Cc1ccc(C(=O)c2cncnc2)cc1. The van der Waals surface area contributed by atoms with Gasteiger partial charge in [0.05, 0.1) is 17.2 Å². The van der Waals surface area contributed by atoms with Gasteiger partial charge in [0, 0.05) is 18.0 Å². The molecule has 2 rings (SSSR count). The first-order chi connectivity index (χ1) is 7.81. The van der Waals surface area contributed by atoms with Crippen molar-refractivity contribution in [3.8, 4) is 6.07 Å². The zero-order valence-electron chi connectivity index (χ0n) is 8.29. The second-order valence-electron chi connectivity index (χ2n) is 3.15. The molecular formula is C12H7N3O. The van der Waals surface area contributed by atoms with Crippen molar-refractivity contribution in [3.05, 3.63) is 59.7 Å². The van der Waals surface area contributed by atoms with Crippen molar-refractivity contribution < 1.29 is 4.79 Å². The third kappa shape index (κ3) is 1.93. The average molecular weight is 209 g/mol. The van der Waals surface area contributed by atoms with E-state index in [2.05, 4.69) is 9.97 Å². The molecule has 0 saturated carbocycles. The van der Waals surface area contributed by atoms with Gasteiger partial charge in [-0.25, -0.2) is 9.97 Å². The number of carbonyl (C=O) groups is 1. The molecule has 0 saturated heterocycles. The summed E-state index contributed by atoms with van der Waals surface area (Å²) < 4.78 is 0. The zero-order chi connectivity index (χ0) is 11.4. The molecule has 0 aliphatic rings. The molecule has 4 heteroatoms. The summed E-state index contributed by atoms with van der Waals surface area (Å²) in [6.07, 6.45) is 4.30. The molecule has 0 spiro atoms. The maximum Gasteiger partial charge on any atom is 0.196 e. The maximum atomic E-state index is 11.9. The number of rotatable bonds is 2. The third-order valence-electron chi connectivity index (χ3n) is 2.10. The van der Waals surface area contributed by atoms with Crippen LogP contribution in [-0.2, 0) is 0 Å². The van der Waals surface area contributed by atoms with Crippen LogP contribution in [0.4, 0.5) is 0 Å². The minimum absolute atomic E-state index is 0.148. The molecule has 1 aromatic carbocycles. The fourth-order valence-corrected chi connectivity index (χ4v) is 1.28. The summed E-state index contributed by atoms with van der Waals surface area (Å²) in [6.45, 7) is 0. The van der Waals surface area contributed by atoms with Gasteiger partial charge in [-0.15, -0.1) is 0 Å². The van der Waals surface area contributed by atoms with E-state index in [0.717, 1.165) is 0 Å². The van der Waals surface area contributed by atoms with Crippen LogP contribution in [-0.4, -0.2) is 15.8 Å². The molecule has 0 aliphatic heterocycles. The summed E-state index contributed by atoms with van der Waals surface area (Å²) in [4.78, 5) is 19.4. The summed E-state index contributed by atoms with van der Waals surface area (Å²) in [5.74, 6) is -0.148. The Hall–Kier alpha value is -2.54. The minimum atomic E-state index is -0.148. The molecule has 0 atom stereocenters. The Bertz CT molecular complexity index is 541. The van der Waals surface area contributed by atoms with Gasteiger partial charge in [-0.2, -0.15) is 5.26 Å². The predicted molar refractivity (Wildman–Crippen MR) is 56.6 cm³/mol. The van der Waals surface area contributed by atoms with Crippen LogP contribution in [0.3, 0.4) is 0 Å². The van der Waals surface area contributed by atoms with Gasteiger partial charge in [0.1, 0.15) is 6.33 Å². The quantitative estimate of drug-likeness (QED) is 0.704. The van der Waals surface area contributed by atoms with Crippen LogP contribution in [0.15, 0.2) is 43.0 Å². The van der Waals surface area contributed by atoms with E-state index in [1.54, 1.807) is 24.3 Å². The zero-order valence-corrected chi connectivity index (χ0v) is 8.29. The number of nitrogens with zero attached hydrogens (tertiary/aromatic N) is 3. The second-order valence-corrected chi connectivity index (χ2v) is 3.15.